The van der Waals surface area contributed by atoms with Gasteiger partial charge in [0.05, 0.1) is 16.4 Å². The van der Waals surface area contributed by atoms with Gasteiger partial charge in [0.15, 0.2) is 11.6 Å². The lowest BCUT2D eigenvalue weighted by atomic mass is 10.3. The van der Waals surface area contributed by atoms with E-state index in [2.05, 4.69) is 15.8 Å². The summed E-state index contributed by atoms with van der Waals surface area (Å²) in [5, 5.41) is 1.49. The zero-order valence-electron chi connectivity index (χ0n) is 11.9. The van der Waals surface area contributed by atoms with Gasteiger partial charge in [-0.3, -0.25) is 15.6 Å². The van der Waals surface area contributed by atoms with Gasteiger partial charge in [-0.05, 0) is 42.5 Å². The first-order valence-electron chi connectivity index (χ1n) is 6.28. The average molecular weight is 393 g/mol. The third kappa shape index (κ3) is 5.92. The molecule has 0 aliphatic heterocycles. The van der Waals surface area contributed by atoms with Crippen LogP contribution in [0.15, 0.2) is 47.5 Å². The van der Waals surface area contributed by atoms with Crippen LogP contribution in [0.3, 0.4) is 0 Å². The van der Waals surface area contributed by atoms with Gasteiger partial charge >= 0.3 is 0 Å². The van der Waals surface area contributed by atoms with Crippen molar-refractivity contribution in [3.8, 4) is 0 Å². The van der Waals surface area contributed by atoms with E-state index in [4.69, 9.17) is 34.8 Å². The Hall–Kier alpha value is -1.46. The predicted octanol–water partition coefficient (Wildman–Crippen LogP) is 5.30. The van der Waals surface area contributed by atoms with E-state index in [0.717, 1.165) is 5.69 Å². The third-order valence-electron chi connectivity index (χ3n) is 2.64. The van der Waals surface area contributed by atoms with E-state index in [0.29, 0.717) is 20.8 Å². The van der Waals surface area contributed by atoms with Crippen LogP contribution in [0.5, 0.6) is 0 Å². The van der Waals surface area contributed by atoms with E-state index >= 15 is 0 Å². The molecule has 0 heterocycles. The summed E-state index contributed by atoms with van der Waals surface area (Å²) in [5.41, 5.74) is 6.82. The maximum atomic E-state index is 11.7. The molecule has 0 unspecified atom stereocenters. The monoisotopic (exact) mass is 391 g/mol. The Morgan fingerprint density at radius 2 is 1.61 bits per heavy atom. The fourth-order valence-corrected chi connectivity index (χ4v) is 2.13. The molecule has 0 atom stereocenters. The van der Waals surface area contributed by atoms with Gasteiger partial charge in [-0.25, -0.2) is 4.99 Å². The number of carbonyl (C=O) groups is 1. The second kappa shape index (κ2) is 8.99. The van der Waals surface area contributed by atoms with Crippen LogP contribution in [0, 0.1) is 0 Å². The third-order valence-corrected chi connectivity index (χ3v) is 3.43. The molecule has 0 spiro atoms. The summed E-state index contributed by atoms with van der Waals surface area (Å²) in [6.45, 7) is 1.40. The Labute approximate surface area is 155 Å². The number of nitrogens with one attached hydrogen (secondary N) is 2. The molecule has 0 bridgehead atoms. The van der Waals surface area contributed by atoms with Crippen LogP contribution in [0.25, 0.3) is 0 Å². The fraction of sp³-hybridized carbons (Fsp3) is 0.0667. The van der Waals surface area contributed by atoms with Gasteiger partial charge < -0.3 is 0 Å². The summed E-state index contributed by atoms with van der Waals surface area (Å²) in [7, 11) is 0. The number of aliphatic imine (C=N–C) groups is 1. The summed E-state index contributed by atoms with van der Waals surface area (Å²) in [6, 6.07) is 11.8. The highest BCUT2D eigenvalue weighted by molar-refractivity contribution is 6.40. The zero-order valence-corrected chi connectivity index (χ0v) is 15.0. The fourth-order valence-electron chi connectivity index (χ4n) is 1.55. The molecule has 0 fully saturated rings. The van der Waals surface area contributed by atoms with E-state index in [1.165, 1.54) is 6.92 Å². The van der Waals surface area contributed by atoms with E-state index in [9.17, 15) is 4.79 Å². The Bertz CT molecular complexity index is 717. The van der Waals surface area contributed by atoms with Crippen molar-refractivity contribution >= 4 is 70.2 Å². The van der Waals surface area contributed by atoms with Crippen LogP contribution < -0.4 is 10.9 Å². The van der Waals surface area contributed by atoms with Crippen molar-refractivity contribution in [1.29, 1.82) is 0 Å². The summed E-state index contributed by atoms with van der Waals surface area (Å²) in [6.07, 6.45) is 0. The number of benzene rings is 2. The van der Waals surface area contributed by atoms with Gasteiger partial charge in [0, 0.05) is 17.0 Å². The summed E-state index contributed by atoms with van der Waals surface area (Å²) in [4.78, 5) is 15.9. The highest BCUT2D eigenvalue weighted by Crippen LogP contribution is 2.27. The lowest BCUT2D eigenvalue weighted by molar-refractivity contribution is -0.111. The SMILES string of the molecule is CC(=O)C(=Nc1ccc(Cl)cc1Cl)NNc1ccc(Cl)cc1.Cl. The molecular formula is C15H13Cl4N3O. The van der Waals surface area contributed by atoms with Crippen LogP contribution in [-0.4, -0.2) is 11.6 Å². The minimum Gasteiger partial charge on any atom is -0.300 e. The van der Waals surface area contributed by atoms with Gasteiger partial charge in [0.1, 0.15) is 0 Å². The lowest BCUT2D eigenvalue weighted by Gasteiger charge is -2.10. The smallest absolute Gasteiger partial charge is 0.196 e. The number of hydrogen-bond donors (Lipinski definition) is 2. The maximum absolute atomic E-state index is 11.7. The molecule has 23 heavy (non-hydrogen) atoms. The number of ketones is 1. The molecule has 4 nitrogen and oxygen atoms in total. The number of rotatable bonds is 4. The van der Waals surface area contributed by atoms with Crippen molar-refractivity contribution in [3.63, 3.8) is 0 Å². The van der Waals surface area contributed by atoms with Crippen molar-refractivity contribution in [1.82, 2.24) is 5.43 Å². The first kappa shape index (κ1) is 19.6. The normalized spacial score (nSPS) is 10.7. The van der Waals surface area contributed by atoms with E-state index in [-0.39, 0.29) is 24.0 Å². The van der Waals surface area contributed by atoms with Gasteiger partial charge in [0.2, 0.25) is 0 Å². The number of anilines is 1. The molecule has 0 saturated carbocycles. The summed E-state index contributed by atoms with van der Waals surface area (Å²) >= 11 is 17.7. The number of halogens is 4. The number of nitrogens with zero attached hydrogens (tertiary/aromatic N) is 1. The molecule has 2 aromatic carbocycles. The average Bonchev–Trinajstić information content (AvgIpc) is 2.47. The summed E-state index contributed by atoms with van der Waals surface area (Å²) in [5.74, 6) is -0.119. The molecular weight excluding hydrogens is 380 g/mol. The second-order valence-electron chi connectivity index (χ2n) is 4.37. The Balaban J connectivity index is 0.00000264. The number of Topliss-reactive ketones (excluding diaryl/α,β-unsaturated/α-hetero) is 1. The number of hydrazine groups is 1. The highest BCUT2D eigenvalue weighted by atomic mass is 35.5. The van der Waals surface area contributed by atoms with Crippen molar-refractivity contribution in [3.05, 3.63) is 57.5 Å². The standard InChI is InChI=1S/C15H12Cl3N3O.ClH/c1-9(22)15(19-14-7-4-11(17)8-13(14)18)21-20-12-5-2-10(16)3-6-12;/h2-8,20H,1H3,(H,19,21);1H. The largest absolute Gasteiger partial charge is 0.300 e. The zero-order chi connectivity index (χ0) is 16.1. The van der Waals surface area contributed by atoms with Gasteiger partial charge in [-0.2, -0.15) is 0 Å². The summed E-state index contributed by atoms with van der Waals surface area (Å²) < 4.78 is 0. The molecule has 2 rings (SSSR count). The minimum absolute atomic E-state index is 0. The second-order valence-corrected chi connectivity index (χ2v) is 5.65. The topological polar surface area (TPSA) is 53.5 Å². The molecule has 2 N–H and O–H groups in total. The molecule has 0 saturated heterocycles. The maximum Gasteiger partial charge on any atom is 0.196 e. The molecule has 2 aromatic rings. The molecule has 0 amide bonds. The van der Waals surface area contributed by atoms with Gasteiger partial charge in [-0.1, -0.05) is 34.8 Å². The predicted molar refractivity (Wildman–Crippen MR) is 99.7 cm³/mol. The Morgan fingerprint density at radius 3 is 2.17 bits per heavy atom. The first-order valence-corrected chi connectivity index (χ1v) is 7.41. The molecule has 0 aromatic heterocycles. The highest BCUT2D eigenvalue weighted by Gasteiger charge is 2.08. The van der Waals surface area contributed by atoms with Crippen LogP contribution in [0.4, 0.5) is 11.4 Å². The Morgan fingerprint density at radius 1 is 1.00 bits per heavy atom. The van der Waals surface area contributed by atoms with Crippen molar-refractivity contribution < 1.29 is 4.79 Å². The van der Waals surface area contributed by atoms with Crippen molar-refractivity contribution in [2.75, 3.05) is 5.43 Å². The van der Waals surface area contributed by atoms with E-state index in [1.807, 2.05) is 0 Å². The number of carbonyl (C=O) groups excluding carboxylic acids is 1. The lowest BCUT2D eigenvalue weighted by Crippen LogP contribution is -2.34. The van der Waals surface area contributed by atoms with Crippen LogP contribution in [-0.2, 0) is 4.79 Å². The molecule has 8 heteroatoms. The Kier molecular flexibility index (Phi) is 7.65. The number of amidine groups is 1. The molecule has 0 aliphatic rings. The first-order chi connectivity index (χ1) is 10.5. The minimum atomic E-state index is -0.243. The van der Waals surface area contributed by atoms with Crippen molar-refractivity contribution in [2.24, 2.45) is 4.99 Å². The quantitative estimate of drug-likeness (QED) is 0.421. The molecule has 0 aliphatic carbocycles. The molecule has 122 valence electrons. The van der Waals surface area contributed by atoms with E-state index < -0.39 is 0 Å². The number of hydrogen-bond acceptors (Lipinski definition) is 3. The molecule has 0 radical (unpaired) electrons. The van der Waals surface area contributed by atoms with Gasteiger partial charge in [-0.15, -0.1) is 12.4 Å². The van der Waals surface area contributed by atoms with Crippen molar-refractivity contribution in [2.45, 2.75) is 6.92 Å². The van der Waals surface area contributed by atoms with Gasteiger partial charge in [0.25, 0.3) is 0 Å². The van der Waals surface area contributed by atoms with E-state index in [1.54, 1.807) is 42.5 Å². The van der Waals surface area contributed by atoms with Crippen LogP contribution in [0.1, 0.15) is 6.92 Å². The van der Waals surface area contributed by atoms with Crippen LogP contribution in [0.2, 0.25) is 15.1 Å². The van der Waals surface area contributed by atoms with Crippen LogP contribution >= 0.6 is 47.2 Å².